The quantitative estimate of drug-likeness (QED) is 0.618. The Kier molecular flexibility index (Phi) is 10.3. The van der Waals surface area contributed by atoms with Crippen LogP contribution in [-0.2, 0) is 12.8 Å². The van der Waals surface area contributed by atoms with E-state index in [-0.39, 0.29) is 0 Å². The molecule has 3 nitrogen and oxygen atoms in total. The Hall–Kier alpha value is -1.45. The van der Waals surface area contributed by atoms with Crippen LogP contribution in [0, 0.1) is 0 Å². The van der Waals surface area contributed by atoms with E-state index in [1.54, 1.807) is 0 Å². The fourth-order valence-corrected chi connectivity index (χ4v) is 2.87. The molecule has 2 N–H and O–H groups in total. The van der Waals surface area contributed by atoms with Crippen molar-refractivity contribution in [2.75, 3.05) is 26.2 Å². The molecule has 24 heavy (non-hydrogen) atoms. The van der Waals surface area contributed by atoms with Crippen molar-refractivity contribution < 1.29 is 0 Å². The third-order valence-electron chi connectivity index (χ3n) is 4.24. The van der Waals surface area contributed by atoms with Gasteiger partial charge in [0.15, 0.2) is 0 Å². The van der Waals surface area contributed by atoms with Crippen molar-refractivity contribution >= 4 is 5.71 Å². The highest BCUT2D eigenvalue weighted by atomic mass is 15.1. The van der Waals surface area contributed by atoms with Gasteiger partial charge in [-0.05, 0) is 63.7 Å². The fourth-order valence-electron chi connectivity index (χ4n) is 2.87. The average Bonchev–Trinajstić information content (AvgIpc) is 2.60. The van der Waals surface area contributed by atoms with Gasteiger partial charge in [0.1, 0.15) is 0 Å². The molecule has 0 bridgehead atoms. The molecule has 0 radical (unpaired) electrons. The van der Waals surface area contributed by atoms with E-state index in [0.717, 1.165) is 43.9 Å². The summed E-state index contributed by atoms with van der Waals surface area (Å²) < 4.78 is 0. The van der Waals surface area contributed by atoms with Gasteiger partial charge in [0, 0.05) is 24.5 Å². The number of benzene rings is 1. The first kappa shape index (κ1) is 20.6. The van der Waals surface area contributed by atoms with Crippen molar-refractivity contribution in [2.45, 2.75) is 53.4 Å². The summed E-state index contributed by atoms with van der Waals surface area (Å²) in [5.41, 5.74) is 10.7. The van der Waals surface area contributed by atoms with Gasteiger partial charge in [0.25, 0.3) is 0 Å². The molecule has 0 aliphatic rings. The van der Waals surface area contributed by atoms with Gasteiger partial charge < -0.3 is 5.73 Å². The molecular formula is C21H35N3. The first-order chi connectivity index (χ1) is 11.6. The van der Waals surface area contributed by atoms with E-state index in [0.29, 0.717) is 6.54 Å². The Morgan fingerprint density at radius 1 is 1.12 bits per heavy atom. The number of nitrogens with two attached hydrogens (primary N) is 1. The largest absolute Gasteiger partial charge is 0.325 e. The molecule has 0 saturated carbocycles. The molecule has 0 aromatic heterocycles. The summed E-state index contributed by atoms with van der Waals surface area (Å²) in [6.07, 6.45) is 6.61. The number of allylic oxidation sites excluding steroid dienone is 1. The third-order valence-corrected chi connectivity index (χ3v) is 4.24. The lowest BCUT2D eigenvalue weighted by Gasteiger charge is -2.21. The Morgan fingerprint density at radius 3 is 2.33 bits per heavy atom. The summed E-state index contributed by atoms with van der Waals surface area (Å²) in [7, 11) is 0. The van der Waals surface area contributed by atoms with Crippen LogP contribution in [0.15, 0.2) is 41.0 Å². The van der Waals surface area contributed by atoms with Crippen molar-refractivity contribution in [1.29, 1.82) is 0 Å². The van der Waals surface area contributed by atoms with Gasteiger partial charge in [-0.1, -0.05) is 44.2 Å². The molecule has 0 amide bonds. The molecule has 1 rings (SSSR count). The lowest BCUT2D eigenvalue weighted by Crippen LogP contribution is -2.31. The zero-order valence-corrected chi connectivity index (χ0v) is 16.0. The number of nitrogens with zero attached hydrogens (tertiary/aromatic N) is 2. The molecule has 0 heterocycles. The van der Waals surface area contributed by atoms with Crippen molar-refractivity contribution in [1.82, 2.24) is 4.90 Å². The molecule has 3 heteroatoms. The first-order valence-corrected chi connectivity index (χ1v) is 9.32. The van der Waals surface area contributed by atoms with Gasteiger partial charge in [0.2, 0.25) is 0 Å². The second-order valence-corrected chi connectivity index (χ2v) is 6.38. The van der Waals surface area contributed by atoms with Crippen molar-refractivity contribution in [3.05, 3.63) is 47.2 Å². The zero-order valence-electron chi connectivity index (χ0n) is 16.0. The Bertz CT molecular complexity index is 514. The monoisotopic (exact) mass is 329 g/mol. The van der Waals surface area contributed by atoms with E-state index in [1.165, 1.54) is 24.0 Å². The molecule has 0 spiro atoms. The molecule has 0 aliphatic heterocycles. The molecule has 0 fully saturated rings. The highest BCUT2D eigenvalue weighted by Crippen LogP contribution is 2.08. The van der Waals surface area contributed by atoms with Crippen LogP contribution in [0.3, 0.4) is 0 Å². The normalized spacial score (nSPS) is 12.9. The maximum Gasteiger partial charge on any atom is 0.0496 e. The number of rotatable bonds is 11. The fraction of sp³-hybridized carbons (Fsp3) is 0.571. The molecular weight excluding hydrogens is 294 g/mol. The van der Waals surface area contributed by atoms with Gasteiger partial charge in [-0.3, -0.25) is 9.89 Å². The Labute approximate surface area is 148 Å². The SMILES string of the molecule is C/C=C(CN)\N=C(/C)CN(CCC)CCCc1ccc(CC)cc1. The van der Waals surface area contributed by atoms with E-state index in [9.17, 15) is 0 Å². The van der Waals surface area contributed by atoms with Crippen LogP contribution < -0.4 is 5.73 Å². The van der Waals surface area contributed by atoms with E-state index in [4.69, 9.17) is 5.73 Å². The first-order valence-electron chi connectivity index (χ1n) is 9.32. The molecule has 1 aromatic carbocycles. The minimum atomic E-state index is 0.509. The summed E-state index contributed by atoms with van der Waals surface area (Å²) in [5, 5.41) is 0. The van der Waals surface area contributed by atoms with Crippen molar-refractivity contribution in [3.8, 4) is 0 Å². The second kappa shape index (κ2) is 12.0. The average molecular weight is 330 g/mol. The summed E-state index contributed by atoms with van der Waals surface area (Å²) in [4.78, 5) is 7.13. The number of hydrogen-bond acceptors (Lipinski definition) is 3. The van der Waals surface area contributed by atoms with Crippen molar-refractivity contribution in [3.63, 3.8) is 0 Å². The Morgan fingerprint density at radius 2 is 1.79 bits per heavy atom. The number of hydrogen-bond donors (Lipinski definition) is 1. The minimum Gasteiger partial charge on any atom is -0.325 e. The lowest BCUT2D eigenvalue weighted by atomic mass is 10.1. The van der Waals surface area contributed by atoms with E-state index in [2.05, 4.69) is 54.9 Å². The van der Waals surface area contributed by atoms with Gasteiger partial charge in [0.05, 0.1) is 0 Å². The smallest absolute Gasteiger partial charge is 0.0496 e. The maximum atomic E-state index is 5.70. The molecule has 0 unspecified atom stereocenters. The maximum absolute atomic E-state index is 5.70. The van der Waals surface area contributed by atoms with Gasteiger partial charge in [-0.2, -0.15) is 0 Å². The van der Waals surface area contributed by atoms with E-state index in [1.807, 2.05) is 13.0 Å². The summed E-state index contributed by atoms with van der Waals surface area (Å²) >= 11 is 0. The van der Waals surface area contributed by atoms with Crippen LogP contribution in [0.4, 0.5) is 0 Å². The summed E-state index contributed by atoms with van der Waals surface area (Å²) in [6, 6.07) is 9.05. The van der Waals surface area contributed by atoms with Crippen LogP contribution in [0.5, 0.6) is 0 Å². The van der Waals surface area contributed by atoms with Crippen LogP contribution in [-0.4, -0.2) is 36.8 Å². The second-order valence-electron chi connectivity index (χ2n) is 6.38. The molecule has 134 valence electrons. The lowest BCUT2D eigenvalue weighted by molar-refractivity contribution is 0.307. The summed E-state index contributed by atoms with van der Waals surface area (Å²) in [5.74, 6) is 0. The molecule has 0 saturated heterocycles. The number of aliphatic imine (C=N–C) groups is 1. The molecule has 1 aromatic rings. The minimum absolute atomic E-state index is 0.509. The van der Waals surface area contributed by atoms with E-state index < -0.39 is 0 Å². The predicted octanol–water partition coefficient (Wildman–Crippen LogP) is 4.22. The van der Waals surface area contributed by atoms with Gasteiger partial charge in [-0.25, -0.2) is 0 Å². The molecule has 0 atom stereocenters. The third kappa shape index (κ3) is 7.89. The summed E-state index contributed by atoms with van der Waals surface area (Å²) in [6.45, 7) is 12.2. The predicted molar refractivity (Wildman–Crippen MR) is 107 cm³/mol. The standard InChI is InChI=1S/C21H35N3/c1-5-14-24(17-18(4)23-21(7-3)16-22)15-8-9-20-12-10-19(6-2)11-13-20/h7,10-13H,5-6,8-9,14-17,22H2,1-4H3/b21-7-,23-18+. The van der Waals surface area contributed by atoms with Gasteiger partial charge >= 0.3 is 0 Å². The Balaban J connectivity index is 2.50. The zero-order chi connectivity index (χ0) is 17.8. The van der Waals surface area contributed by atoms with E-state index >= 15 is 0 Å². The van der Waals surface area contributed by atoms with Crippen molar-refractivity contribution in [2.24, 2.45) is 10.7 Å². The highest BCUT2D eigenvalue weighted by molar-refractivity contribution is 5.84. The molecule has 0 aliphatic carbocycles. The van der Waals surface area contributed by atoms with Crippen LogP contribution in [0.2, 0.25) is 0 Å². The van der Waals surface area contributed by atoms with Gasteiger partial charge in [-0.15, -0.1) is 0 Å². The van der Waals surface area contributed by atoms with Crippen LogP contribution >= 0.6 is 0 Å². The number of aryl methyl sites for hydroxylation is 2. The van der Waals surface area contributed by atoms with Crippen LogP contribution in [0.1, 0.15) is 51.7 Å². The topological polar surface area (TPSA) is 41.6 Å². The van der Waals surface area contributed by atoms with Crippen LogP contribution in [0.25, 0.3) is 0 Å². The highest BCUT2D eigenvalue weighted by Gasteiger charge is 2.06.